The fourth-order valence-electron chi connectivity index (χ4n) is 1.03. The molecule has 1 atom stereocenters. The van der Waals surface area contributed by atoms with Gasteiger partial charge in [0.05, 0.1) is 0 Å². The first kappa shape index (κ1) is 10.8. The average Bonchev–Trinajstić information content (AvgIpc) is 2.07. The zero-order chi connectivity index (χ0) is 10.8. The Kier molecular flexibility index (Phi) is 3.00. The Bertz CT molecular complexity index is 294. The normalized spacial score (nSPS) is 14.0. The van der Waals surface area contributed by atoms with Gasteiger partial charge in [-0.2, -0.15) is 13.2 Å². The van der Waals surface area contributed by atoms with Crippen molar-refractivity contribution in [3.05, 3.63) is 29.8 Å². The Morgan fingerprint density at radius 3 is 2.14 bits per heavy atom. The molecule has 1 rings (SSSR count). The summed E-state index contributed by atoms with van der Waals surface area (Å²) < 4.78 is 36.3. The number of hydrogen-bond acceptors (Lipinski definition) is 1. The van der Waals surface area contributed by atoms with Crippen molar-refractivity contribution < 1.29 is 24.0 Å². The molecular formula is C9H11F3NO+. The highest BCUT2D eigenvalue weighted by Gasteiger charge is 2.40. The highest BCUT2D eigenvalue weighted by Crippen LogP contribution is 2.20. The first-order valence-corrected chi connectivity index (χ1v) is 4.07. The van der Waals surface area contributed by atoms with Crippen molar-refractivity contribution in [2.24, 2.45) is 0 Å². The van der Waals surface area contributed by atoms with E-state index in [-0.39, 0.29) is 12.2 Å². The van der Waals surface area contributed by atoms with Crippen LogP contribution >= 0.6 is 0 Å². The molecule has 1 aromatic rings. The number of rotatable bonds is 2. The molecule has 1 unspecified atom stereocenters. The van der Waals surface area contributed by atoms with Gasteiger partial charge in [-0.1, -0.05) is 12.1 Å². The number of aromatic hydroxyl groups is 1. The fourth-order valence-corrected chi connectivity index (χ4v) is 1.03. The number of alkyl halides is 3. The highest BCUT2D eigenvalue weighted by molar-refractivity contribution is 5.26. The van der Waals surface area contributed by atoms with Gasteiger partial charge in [-0.25, -0.2) is 0 Å². The van der Waals surface area contributed by atoms with Crippen molar-refractivity contribution in [1.29, 1.82) is 0 Å². The largest absolute Gasteiger partial charge is 0.508 e. The molecule has 0 spiro atoms. The molecule has 0 heterocycles. The second-order valence-corrected chi connectivity index (χ2v) is 3.11. The van der Waals surface area contributed by atoms with Crippen LogP contribution in [0.2, 0.25) is 0 Å². The van der Waals surface area contributed by atoms with Gasteiger partial charge in [0.15, 0.2) is 6.04 Å². The molecule has 0 fully saturated rings. The summed E-state index contributed by atoms with van der Waals surface area (Å²) in [7, 11) is 0. The summed E-state index contributed by atoms with van der Waals surface area (Å²) in [6.45, 7) is 0. The average molecular weight is 206 g/mol. The van der Waals surface area contributed by atoms with Gasteiger partial charge in [0.1, 0.15) is 5.75 Å². The molecule has 0 radical (unpaired) electrons. The van der Waals surface area contributed by atoms with Gasteiger partial charge >= 0.3 is 6.18 Å². The van der Waals surface area contributed by atoms with Gasteiger partial charge in [-0.15, -0.1) is 0 Å². The Balaban J connectivity index is 2.65. The third-order valence-corrected chi connectivity index (χ3v) is 1.88. The van der Waals surface area contributed by atoms with Crippen molar-refractivity contribution in [2.45, 2.75) is 18.6 Å². The summed E-state index contributed by atoms with van der Waals surface area (Å²) >= 11 is 0. The number of hydrogen-bond donors (Lipinski definition) is 2. The SMILES string of the molecule is [NH3+]C(Cc1ccc(O)cc1)C(F)(F)F. The predicted molar refractivity (Wildman–Crippen MR) is 44.5 cm³/mol. The fraction of sp³-hybridized carbons (Fsp3) is 0.333. The van der Waals surface area contributed by atoms with E-state index in [1.807, 2.05) is 0 Å². The van der Waals surface area contributed by atoms with E-state index in [4.69, 9.17) is 5.11 Å². The molecule has 0 bridgehead atoms. The van der Waals surface area contributed by atoms with Crippen LogP contribution in [-0.4, -0.2) is 17.3 Å². The van der Waals surface area contributed by atoms with Crippen LogP contribution in [0.25, 0.3) is 0 Å². The van der Waals surface area contributed by atoms with Crippen LogP contribution in [0, 0.1) is 0 Å². The monoisotopic (exact) mass is 206 g/mol. The third kappa shape index (κ3) is 2.92. The van der Waals surface area contributed by atoms with Gasteiger partial charge in [0.25, 0.3) is 0 Å². The summed E-state index contributed by atoms with van der Waals surface area (Å²) in [5.74, 6) is 0.0429. The Labute approximate surface area is 79.2 Å². The highest BCUT2D eigenvalue weighted by atomic mass is 19.4. The minimum atomic E-state index is -4.27. The molecule has 0 aliphatic carbocycles. The summed E-state index contributed by atoms with van der Waals surface area (Å²) in [5.41, 5.74) is 3.55. The van der Waals surface area contributed by atoms with E-state index in [1.165, 1.54) is 24.3 Å². The van der Waals surface area contributed by atoms with Crippen molar-refractivity contribution in [1.82, 2.24) is 0 Å². The molecule has 0 aliphatic rings. The van der Waals surface area contributed by atoms with E-state index in [2.05, 4.69) is 5.73 Å². The first-order valence-electron chi connectivity index (χ1n) is 4.07. The summed E-state index contributed by atoms with van der Waals surface area (Å²) in [4.78, 5) is 0. The van der Waals surface area contributed by atoms with E-state index in [0.29, 0.717) is 5.56 Å². The summed E-state index contributed by atoms with van der Waals surface area (Å²) in [5, 5.41) is 8.91. The summed E-state index contributed by atoms with van der Waals surface area (Å²) in [6, 6.07) is 4.03. The lowest BCUT2D eigenvalue weighted by Gasteiger charge is -2.12. The minimum Gasteiger partial charge on any atom is -0.508 e. The van der Waals surface area contributed by atoms with Crippen LogP contribution in [0.5, 0.6) is 5.75 Å². The molecule has 0 aliphatic heterocycles. The molecule has 2 nitrogen and oxygen atoms in total. The van der Waals surface area contributed by atoms with Crippen LogP contribution < -0.4 is 5.73 Å². The zero-order valence-corrected chi connectivity index (χ0v) is 7.38. The van der Waals surface area contributed by atoms with E-state index in [9.17, 15) is 13.2 Å². The number of benzene rings is 1. The number of phenolic OH excluding ortho intramolecular Hbond substituents is 1. The molecule has 5 heteroatoms. The Morgan fingerprint density at radius 2 is 1.71 bits per heavy atom. The zero-order valence-electron chi connectivity index (χ0n) is 7.38. The van der Waals surface area contributed by atoms with Crippen molar-refractivity contribution >= 4 is 0 Å². The maximum absolute atomic E-state index is 12.1. The predicted octanol–water partition coefficient (Wildman–Crippen LogP) is 1.11. The van der Waals surface area contributed by atoms with E-state index >= 15 is 0 Å². The first-order chi connectivity index (χ1) is 6.39. The molecule has 14 heavy (non-hydrogen) atoms. The van der Waals surface area contributed by atoms with Crippen LogP contribution in [0.15, 0.2) is 24.3 Å². The lowest BCUT2D eigenvalue weighted by atomic mass is 10.1. The lowest BCUT2D eigenvalue weighted by Crippen LogP contribution is -2.68. The third-order valence-electron chi connectivity index (χ3n) is 1.88. The maximum Gasteiger partial charge on any atom is 0.441 e. The van der Waals surface area contributed by atoms with Gasteiger partial charge in [0.2, 0.25) is 0 Å². The van der Waals surface area contributed by atoms with Crippen molar-refractivity contribution in [3.8, 4) is 5.75 Å². The molecule has 0 saturated heterocycles. The molecule has 78 valence electrons. The molecule has 4 N–H and O–H groups in total. The van der Waals surface area contributed by atoms with Crippen LogP contribution in [-0.2, 0) is 6.42 Å². The topological polar surface area (TPSA) is 47.9 Å². The van der Waals surface area contributed by atoms with Gasteiger partial charge in [-0.05, 0) is 17.7 Å². The molecular weight excluding hydrogens is 195 g/mol. The van der Waals surface area contributed by atoms with Crippen molar-refractivity contribution in [3.63, 3.8) is 0 Å². The quantitative estimate of drug-likeness (QED) is 0.748. The van der Waals surface area contributed by atoms with Crippen LogP contribution in [0.3, 0.4) is 0 Å². The Morgan fingerprint density at radius 1 is 1.21 bits per heavy atom. The molecule has 0 aromatic heterocycles. The van der Waals surface area contributed by atoms with E-state index in [0.717, 1.165) is 0 Å². The standard InChI is InChI=1S/C9H10F3NO/c10-9(11,12)8(13)5-6-1-3-7(14)4-2-6/h1-4,8,14H,5,13H2/p+1. The molecule has 0 saturated carbocycles. The number of halogens is 3. The second kappa shape index (κ2) is 3.88. The van der Waals surface area contributed by atoms with Crippen molar-refractivity contribution in [2.75, 3.05) is 0 Å². The van der Waals surface area contributed by atoms with Gasteiger partial charge < -0.3 is 10.8 Å². The van der Waals surface area contributed by atoms with Gasteiger partial charge in [0, 0.05) is 6.42 Å². The minimum absolute atomic E-state index is 0.0429. The van der Waals surface area contributed by atoms with Crippen LogP contribution in [0.4, 0.5) is 13.2 Å². The van der Waals surface area contributed by atoms with E-state index in [1.54, 1.807) is 0 Å². The smallest absolute Gasteiger partial charge is 0.441 e. The molecule has 1 aromatic carbocycles. The Hall–Kier alpha value is -1.23. The summed E-state index contributed by atoms with van der Waals surface area (Å²) in [6.07, 6.45) is -4.43. The van der Waals surface area contributed by atoms with Crippen LogP contribution in [0.1, 0.15) is 5.56 Å². The number of phenols is 1. The maximum atomic E-state index is 12.1. The van der Waals surface area contributed by atoms with Gasteiger partial charge in [-0.3, -0.25) is 0 Å². The number of quaternary nitrogens is 1. The second-order valence-electron chi connectivity index (χ2n) is 3.11. The molecule has 0 amide bonds. The van der Waals surface area contributed by atoms with E-state index < -0.39 is 12.2 Å². The lowest BCUT2D eigenvalue weighted by molar-refractivity contribution is -0.480.